The van der Waals surface area contributed by atoms with Crippen molar-refractivity contribution >= 4 is 34.4 Å². The Hall–Kier alpha value is -3.79. The Morgan fingerprint density at radius 1 is 1.14 bits per heavy atom. The SMILES string of the molecule is CC1(c2ccc(Cl)cc2F)Oc2c(cccc2C2CCN(Cc3nc4ccc(C(=O)O)cc4n3CC3CCO3)CC2)C1=O. The number of halogens is 2. The van der Waals surface area contributed by atoms with Crippen LogP contribution < -0.4 is 4.74 Å². The van der Waals surface area contributed by atoms with Gasteiger partial charge in [0.05, 0.1) is 41.4 Å². The number of carboxylic acid groups (broad SMARTS) is 1. The fourth-order valence-electron chi connectivity index (χ4n) is 6.59. The average molecular weight is 604 g/mol. The lowest BCUT2D eigenvalue weighted by Gasteiger charge is -2.33. The lowest BCUT2D eigenvalue weighted by Crippen LogP contribution is -2.35. The number of fused-ring (bicyclic) bond motifs is 2. The topological polar surface area (TPSA) is 93.9 Å². The molecule has 4 aromatic rings. The second-order valence-corrected chi connectivity index (χ2v) is 12.2. The van der Waals surface area contributed by atoms with Crippen molar-refractivity contribution in [1.82, 2.24) is 14.5 Å². The largest absolute Gasteiger partial charge is 0.478 e. The summed E-state index contributed by atoms with van der Waals surface area (Å²) in [7, 11) is 0. The smallest absolute Gasteiger partial charge is 0.335 e. The zero-order valence-electron chi connectivity index (χ0n) is 23.7. The maximum Gasteiger partial charge on any atom is 0.335 e. The van der Waals surface area contributed by atoms with Crippen LogP contribution in [0.5, 0.6) is 5.75 Å². The van der Waals surface area contributed by atoms with Crippen LogP contribution in [0.4, 0.5) is 4.39 Å². The standard InChI is InChI=1S/C33H31ClFN3O5/c1-33(25-7-6-21(34)16-26(25)35)31(39)24-4-2-3-23(30(24)43-33)19-9-12-37(13-10-19)18-29-36-27-8-5-20(32(40)41)15-28(27)38(29)17-22-11-14-42-22/h2-8,15-16,19,22H,9-14,17-18H2,1H3,(H,40,41). The molecule has 0 amide bonds. The summed E-state index contributed by atoms with van der Waals surface area (Å²) in [6.45, 7) is 5.26. The van der Waals surface area contributed by atoms with E-state index in [9.17, 15) is 19.1 Å². The number of ether oxygens (including phenoxy) is 2. The van der Waals surface area contributed by atoms with Gasteiger partial charge in [0.2, 0.25) is 5.78 Å². The summed E-state index contributed by atoms with van der Waals surface area (Å²) in [6.07, 6.45) is 2.79. The molecule has 4 heterocycles. The molecule has 10 heteroatoms. The van der Waals surface area contributed by atoms with E-state index >= 15 is 0 Å². The Morgan fingerprint density at radius 3 is 2.63 bits per heavy atom. The molecule has 0 saturated carbocycles. The predicted octanol–water partition coefficient (Wildman–Crippen LogP) is 6.19. The van der Waals surface area contributed by atoms with Crippen LogP contribution in [0.1, 0.15) is 69.8 Å². The number of hydrogen-bond donors (Lipinski definition) is 1. The van der Waals surface area contributed by atoms with Crippen molar-refractivity contribution in [2.45, 2.75) is 56.9 Å². The number of hydrogen-bond acceptors (Lipinski definition) is 6. The summed E-state index contributed by atoms with van der Waals surface area (Å²) in [6, 6.07) is 15.0. The molecule has 7 rings (SSSR count). The Bertz CT molecular complexity index is 1760. The Kier molecular flexibility index (Phi) is 6.99. The van der Waals surface area contributed by atoms with E-state index < -0.39 is 17.4 Å². The summed E-state index contributed by atoms with van der Waals surface area (Å²) >= 11 is 5.96. The van der Waals surface area contributed by atoms with Gasteiger partial charge in [0.1, 0.15) is 17.4 Å². The van der Waals surface area contributed by atoms with Crippen LogP contribution in [0.25, 0.3) is 11.0 Å². The fraction of sp³-hybridized carbons (Fsp3) is 0.364. The highest BCUT2D eigenvalue weighted by Gasteiger charge is 2.48. The molecule has 2 saturated heterocycles. The van der Waals surface area contributed by atoms with Crippen LogP contribution in [0.15, 0.2) is 54.6 Å². The monoisotopic (exact) mass is 603 g/mol. The van der Waals surface area contributed by atoms with E-state index in [-0.39, 0.29) is 34.0 Å². The maximum atomic E-state index is 14.9. The number of rotatable bonds is 7. The Balaban J connectivity index is 1.10. The molecule has 3 aliphatic rings. The number of piperidine rings is 1. The van der Waals surface area contributed by atoms with E-state index in [0.717, 1.165) is 61.4 Å². The molecule has 2 unspecified atom stereocenters. The number of para-hydroxylation sites is 1. The van der Waals surface area contributed by atoms with Gasteiger partial charge in [0.25, 0.3) is 0 Å². The summed E-state index contributed by atoms with van der Waals surface area (Å²) in [5.74, 6) is -0.184. The van der Waals surface area contributed by atoms with Gasteiger partial charge in [-0.2, -0.15) is 0 Å². The van der Waals surface area contributed by atoms with Gasteiger partial charge in [-0.05, 0) is 87.2 Å². The first-order valence-corrected chi connectivity index (χ1v) is 15.0. The number of carboxylic acids is 1. The number of carbonyl (C=O) groups excluding carboxylic acids is 1. The number of Topliss-reactive ketones (excluding diaryl/α,β-unsaturated/α-hetero) is 1. The quantitative estimate of drug-likeness (QED) is 0.269. The Labute approximate surface area is 253 Å². The minimum atomic E-state index is -1.46. The molecule has 1 aromatic heterocycles. The van der Waals surface area contributed by atoms with Gasteiger partial charge < -0.3 is 19.1 Å². The highest BCUT2D eigenvalue weighted by atomic mass is 35.5. The van der Waals surface area contributed by atoms with Gasteiger partial charge in [-0.3, -0.25) is 9.69 Å². The second-order valence-electron chi connectivity index (χ2n) is 11.8. The third kappa shape index (κ3) is 4.89. The minimum Gasteiger partial charge on any atom is -0.478 e. The van der Waals surface area contributed by atoms with E-state index in [0.29, 0.717) is 24.4 Å². The van der Waals surface area contributed by atoms with Gasteiger partial charge in [-0.25, -0.2) is 14.2 Å². The number of ketones is 1. The number of aromatic nitrogens is 2. The molecular formula is C33H31ClFN3O5. The lowest BCUT2D eigenvalue weighted by atomic mass is 9.86. The van der Waals surface area contributed by atoms with Crippen LogP contribution in [-0.4, -0.2) is 57.1 Å². The molecule has 2 atom stereocenters. The lowest BCUT2D eigenvalue weighted by molar-refractivity contribution is -0.0592. The average Bonchev–Trinajstić information content (AvgIpc) is 3.44. The molecule has 1 N–H and O–H groups in total. The zero-order chi connectivity index (χ0) is 29.9. The van der Waals surface area contributed by atoms with Crippen molar-refractivity contribution in [2.24, 2.45) is 0 Å². The highest BCUT2D eigenvalue weighted by molar-refractivity contribution is 6.30. The minimum absolute atomic E-state index is 0.102. The van der Waals surface area contributed by atoms with E-state index in [4.69, 9.17) is 26.1 Å². The fourth-order valence-corrected chi connectivity index (χ4v) is 6.75. The molecule has 0 spiro atoms. The number of likely N-dealkylation sites (tertiary alicyclic amines) is 1. The molecule has 43 heavy (non-hydrogen) atoms. The predicted molar refractivity (Wildman–Crippen MR) is 158 cm³/mol. The number of benzene rings is 3. The zero-order valence-corrected chi connectivity index (χ0v) is 24.4. The molecule has 2 fully saturated rings. The van der Waals surface area contributed by atoms with Crippen LogP contribution >= 0.6 is 11.6 Å². The van der Waals surface area contributed by atoms with Crippen molar-refractivity contribution < 1.29 is 28.6 Å². The van der Waals surface area contributed by atoms with Crippen molar-refractivity contribution in [2.75, 3.05) is 19.7 Å². The molecule has 0 bridgehead atoms. The summed E-state index contributed by atoms with van der Waals surface area (Å²) < 4.78 is 29.0. The molecule has 0 aliphatic carbocycles. The molecule has 3 aromatic carbocycles. The number of nitrogens with zero attached hydrogens (tertiary/aromatic N) is 3. The number of carbonyl (C=O) groups is 2. The molecular weight excluding hydrogens is 573 g/mol. The normalized spacial score (nSPS) is 22.4. The molecule has 8 nitrogen and oxygen atoms in total. The van der Waals surface area contributed by atoms with Crippen LogP contribution in [0.2, 0.25) is 5.02 Å². The first-order chi connectivity index (χ1) is 20.7. The third-order valence-electron chi connectivity index (χ3n) is 9.12. The van der Waals surface area contributed by atoms with E-state index in [1.807, 2.05) is 12.1 Å². The molecule has 222 valence electrons. The van der Waals surface area contributed by atoms with Crippen molar-refractivity contribution in [3.63, 3.8) is 0 Å². The van der Waals surface area contributed by atoms with Crippen LogP contribution in [0, 0.1) is 5.82 Å². The maximum absolute atomic E-state index is 14.9. The van der Waals surface area contributed by atoms with Crippen LogP contribution in [-0.2, 0) is 23.4 Å². The summed E-state index contributed by atoms with van der Waals surface area (Å²) in [4.78, 5) is 32.4. The second kappa shape index (κ2) is 10.7. The summed E-state index contributed by atoms with van der Waals surface area (Å²) in [5, 5.41) is 9.79. The highest BCUT2D eigenvalue weighted by Crippen LogP contribution is 2.47. The van der Waals surface area contributed by atoms with Gasteiger partial charge in [0.15, 0.2) is 5.60 Å². The molecule has 0 radical (unpaired) electrons. The van der Waals surface area contributed by atoms with Crippen molar-refractivity contribution in [3.8, 4) is 5.75 Å². The van der Waals surface area contributed by atoms with Crippen molar-refractivity contribution in [1.29, 1.82) is 0 Å². The van der Waals surface area contributed by atoms with Gasteiger partial charge in [-0.15, -0.1) is 0 Å². The van der Waals surface area contributed by atoms with E-state index in [2.05, 4.69) is 9.47 Å². The van der Waals surface area contributed by atoms with Crippen molar-refractivity contribution in [3.05, 3.63) is 93.5 Å². The Morgan fingerprint density at radius 2 is 1.93 bits per heavy atom. The molecule has 3 aliphatic heterocycles. The van der Waals surface area contributed by atoms with E-state index in [1.54, 1.807) is 37.3 Å². The first-order valence-electron chi connectivity index (χ1n) is 14.6. The third-order valence-corrected chi connectivity index (χ3v) is 9.36. The number of aromatic carboxylic acids is 1. The first kappa shape index (κ1) is 28.0. The van der Waals surface area contributed by atoms with Gasteiger partial charge in [-0.1, -0.05) is 29.8 Å². The van der Waals surface area contributed by atoms with E-state index in [1.165, 1.54) is 12.1 Å². The van der Waals surface area contributed by atoms with Gasteiger partial charge in [0, 0.05) is 17.2 Å². The summed E-state index contributed by atoms with van der Waals surface area (Å²) in [5.41, 5.74) is 1.98. The number of imidazole rings is 1. The van der Waals surface area contributed by atoms with Crippen LogP contribution in [0.3, 0.4) is 0 Å². The van der Waals surface area contributed by atoms with Gasteiger partial charge >= 0.3 is 5.97 Å².